The fraction of sp³-hybridized carbons (Fsp3) is 1.00. The molecule has 0 spiro atoms. The van der Waals surface area contributed by atoms with Gasteiger partial charge in [0.05, 0.1) is 13.2 Å². The van der Waals surface area contributed by atoms with Crippen molar-refractivity contribution in [3.63, 3.8) is 0 Å². The summed E-state index contributed by atoms with van der Waals surface area (Å²) in [7, 11) is 0. The fourth-order valence-electron chi connectivity index (χ4n) is 3.31. The van der Waals surface area contributed by atoms with Crippen LogP contribution in [0.2, 0.25) is 0 Å². The molecule has 0 amide bonds. The van der Waals surface area contributed by atoms with Gasteiger partial charge < -0.3 is 9.47 Å². The van der Waals surface area contributed by atoms with Crippen molar-refractivity contribution in [3.8, 4) is 0 Å². The number of rotatable bonds is 11. The van der Waals surface area contributed by atoms with Crippen LogP contribution < -0.4 is 0 Å². The molecule has 0 bridgehead atoms. The Morgan fingerprint density at radius 2 is 1.29 bits per heavy atom. The van der Waals surface area contributed by atoms with Crippen LogP contribution in [0.15, 0.2) is 0 Å². The van der Waals surface area contributed by atoms with E-state index in [1.165, 1.54) is 38.5 Å². The molecule has 0 aromatic carbocycles. The minimum Gasteiger partial charge on any atom is -0.379 e. The predicted molar refractivity (Wildman–Crippen MR) is 90.6 cm³/mol. The molecule has 1 saturated carbocycles. The van der Waals surface area contributed by atoms with E-state index in [0.29, 0.717) is 0 Å². The summed E-state index contributed by atoms with van der Waals surface area (Å²) >= 11 is 0. The molecule has 0 unspecified atom stereocenters. The molecule has 1 aliphatic rings. The largest absolute Gasteiger partial charge is 0.379 e. The van der Waals surface area contributed by atoms with E-state index in [1.807, 2.05) is 0 Å². The van der Waals surface area contributed by atoms with E-state index in [2.05, 4.69) is 27.7 Å². The normalized spacial score (nSPS) is 23.1. The van der Waals surface area contributed by atoms with Gasteiger partial charge in [0.15, 0.2) is 0 Å². The van der Waals surface area contributed by atoms with Gasteiger partial charge in [0, 0.05) is 13.2 Å². The van der Waals surface area contributed by atoms with E-state index >= 15 is 0 Å². The van der Waals surface area contributed by atoms with Crippen LogP contribution in [0.1, 0.15) is 72.6 Å². The Morgan fingerprint density at radius 1 is 0.714 bits per heavy atom. The molecular weight excluding hydrogens is 260 g/mol. The molecular formula is C19H38O2. The van der Waals surface area contributed by atoms with E-state index in [4.69, 9.17) is 9.47 Å². The molecule has 0 N–H and O–H groups in total. The highest BCUT2D eigenvalue weighted by Gasteiger charge is 2.21. The zero-order valence-electron chi connectivity index (χ0n) is 14.9. The lowest BCUT2D eigenvalue weighted by molar-refractivity contribution is 0.0368. The van der Waals surface area contributed by atoms with E-state index in [-0.39, 0.29) is 0 Å². The van der Waals surface area contributed by atoms with Crippen molar-refractivity contribution in [1.29, 1.82) is 0 Å². The molecule has 2 nitrogen and oxygen atoms in total. The van der Waals surface area contributed by atoms with E-state index in [0.717, 1.165) is 56.5 Å². The molecule has 126 valence electrons. The lowest BCUT2D eigenvalue weighted by atomic mass is 9.77. The SMILES string of the molecule is CC(C)CCOCCOCCC1CCC(CC(C)C)CC1. The zero-order chi connectivity index (χ0) is 15.5. The molecule has 21 heavy (non-hydrogen) atoms. The van der Waals surface area contributed by atoms with Crippen molar-refractivity contribution < 1.29 is 9.47 Å². The van der Waals surface area contributed by atoms with Gasteiger partial charge in [-0.1, -0.05) is 53.4 Å². The first-order valence-electron chi connectivity index (χ1n) is 9.23. The van der Waals surface area contributed by atoms with E-state index < -0.39 is 0 Å². The molecule has 0 aromatic rings. The van der Waals surface area contributed by atoms with Crippen LogP contribution in [0.5, 0.6) is 0 Å². The van der Waals surface area contributed by atoms with Gasteiger partial charge in [0.25, 0.3) is 0 Å². The molecule has 0 aromatic heterocycles. The Kier molecular flexibility index (Phi) is 10.4. The molecule has 1 fully saturated rings. The first kappa shape index (κ1) is 19.0. The molecule has 0 radical (unpaired) electrons. The van der Waals surface area contributed by atoms with E-state index in [9.17, 15) is 0 Å². The second kappa shape index (κ2) is 11.5. The predicted octanol–water partition coefficient (Wildman–Crippen LogP) is 5.31. The fourth-order valence-corrected chi connectivity index (χ4v) is 3.31. The topological polar surface area (TPSA) is 18.5 Å². The molecule has 0 atom stereocenters. The smallest absolute Gasteiger partial charge is 0.0700 e. The zero-order valence-corrected chi connectivity index (χ0v) is 14.9. The Morgan fingerprint density at radius 3 is 1.86 bits per heavy atom. The average molecular weight is 299 g/mol. The third kappa shape index (κ3) is 10.3. The molecule has 0 saturated heterocycles. The highest BCUT2D eigenvalue weighted by molar-refractivity contribution is 4.73. The van der Waals surface area contributed by atoms with Crippen molar-refractivity contribution >= 4 is 0 Å². The van der Waals surface area contributed by atoms with Crippen LogP contribution in [0.3, 0.4) is 0 Å². The highest BCUT2D eigenvalue weighted by Crippen LogP contribution is 2.34. The minimum atomic E-state index is 0.733. The quantitative estimate of drug-likeness (QED) is 0.481. The maximum Gasteiger partial charge on any atom is 0.0700 e. The summed E-state index contributed by atoms with van der Waals surface area (Å²) in [6.07, 6.45) is 9.57. The van der Waals surface area contributed by atoms with Crippen LogP contribution in [0.4, 0.5) is 0 Å². The maximum absolute atomic E-state index is 5.71. The second-order valence-corrected chi connectivity index (χ2v) is 7.71. The Hall–Kier alpha value is -0.0800. The Labute approximate surface area is 133 Å². The summed E-state index contributed by atoms with van der Waals surface area (Å²) < 4.78 is 11.3. The van der Waals surface area contributed by atoms with Crippen molar-refractivity contribution in [2.45, 2.75) is 72.6 Å². The standard InChI is InChI=1S/C19H38O2/c1-16(2)9-11-20-13-14-21-12-10-18-5-7-19(8-6-18)15-17(3)4/h16-19H,5-15H2,1-4H3. The van der Waals surface area contributed by atoms with Crippen molar-refractivity contribution in [1.82, 2.24) is 0 Å². The maximum atomic E-state index is 5.71. The van der Waals surface area contributed by atoms with Gasteiger partial charge in [-0.15, -0.1) is 0 Å². The lowest BCUT2D eigenvalue weighted by Crippen LogP contribution is -2.18. The van der Waals surface area contributed by atoms with Crippen LogP contribution in [0.25, 0.3) is 0 Å². The Balaban J connectivity index is 1.88. The number of hydrogen-bond acceptors (Lipinski definition) is 2. The van der Waals surface area contributed by atoms with Gasteiger partial charge in [-0.2, -0.15) is 0 Å². The molecule has 1 rings (SSSR count). The van der Waals surface area contributed by atoms with Crippen molar-refractivity contribution in [2.75, 3.05) is 26.4 Å². The summed E-state index contributed by atoms with van der Waals surface area (Å²) in [5.74, 6) is 3.51. The van der Waals surface area contributed by atoms with Crippen LogP contribution in [0, 0.1) is 23.7 Å². The van der Waals surface area contributed by atoms with Gasteiger partial charge in [-0.3, -0.25) is 0 Å². The van der Waals surface area contributed by atoms with Gasteiger partial charge in [0.1, 0.15) is 0 Å². The second-order valence-electron chi connectivity index (χ2n) is 7.71. The third-order valence-electron chi connectivity index (χ3n) is 4.65. The third-order valence-corrected chi connectivity index (χ3v) is 4.65. The monoisotopic (exact) mass is 298 g/mol. The number of ether oxygens (including phenoxy) is 2. The van der Waals surface area contributed by atoms with Gasteiger partial charge in [-0.05, 0) is 42.9 Å². The minimum absolute atomic E-state index is 0.733. The first-order valence-corrected chi connectivity index (χ1v) is 9.23. The molecule has 0 aliphatic heterocycles. The first-order chi connectivity index (χ1) is 10.1. The summed E-state index contributed by atoms with van der Waals surface area (Å²) in [5.41, 5.74) is 0. The van der Waals surface area contributed by atoms with Gasteiger partial charge in [-0.25, -0.2) is 0 Å². The van der Waals surface area contributed by atoms with Crippen LogP contribution >= 0.6 is 0 Å². The average Bonchev–Trinajstić information content (AvgIpc) is 2.42. The summed E-state index contributed by atoms with van der Waals surface area (Å²) in [5, 5.41) is 0. The van der Waals surface area contributed by atoms with E-state index in [1.54, 1.807) is 0 Å². The Bertz CT molecular complexity index is 230. The summed E-state index contributed by atoms with van der Waals surface area (Å²) in [6, 6.07) is 0. The molecule has 1 aliphatic carbocycles. The summed E-state index contributed by atoms with van der Waals surface area (Å²) in [4.78, 5) is 0. The van der Waals surface area contributed by atoms with Crippen LogP contribution in [-0.4, -0.2) is 26.4 Å². The highest BCUT2D eigenvalue weighted by atomic mass is 16.5. The molecule has 0 heterocycles. The van der Waals surface area contributed by atoms with Crippen LogP contribution in [-0.2, 0) is 9.47 Å². The number of hydrogen-bond donors (Lipinski definition) is 0. The van der Waals surface area contributed by atoms with Gasteiger partial charge >= 0.3 is 0 Å². The van der Waals surface area contributed by atoms with Crippen molar-refractivity contribution in [3.05, 3.63) is 0 Å². The molecule has 2 heteroatoms. The lowest BCUT2D eigenvalue weighted by Gasteiger charge is -2.29. The summed E-state index contributed by atoms with van der Waals surface area (Å²) in [6.45, 7) is 12.5. The van der Waals surface area contributed by atoms with Gasteiger partial charge in [0.2, 0.25) is 0 Å². The van der Waals surface area contributed by atoms with Crippen molar-refractivity contribution in [2.24, 2.45) is 23.7 Å².